The van der Waals surface area contributed by atoms with Gasteiger partial charge in [0.15, 0.2) is 0 Å². The van der Waals surface area contributed by atoms with E-state index in [4.69, 9.17) is 9.47 Å². The maximum Gasteiger partial charge on any atom is 0.307 e. The lowest BCUT2D eigenvalue weighted by Crippen LogP contribution is -2.40. The molecule has 2 rings (SSSR count). The van der Waals surface area contributed by atoms with Crippen LogP contribution in [0, 0.1) is 0 Å². The number of rotatable bonds is 6. The highest BCUT2D eigenvalue weighted by Gasteiger charge is 2.39. The van der Waals surface area contributed by atoms with Gasteiger partial charge in [0, 0.05) is 18.1 Å². The molecule has 0 bridgehead atoms. The highest BCUT2D eigenvalue weighted by molar-refractivity contribution is 5.71. The number of hydrogen-bond donors (Lipinski definition) is 0. The zero-order chi connectivity index (χ0) is 16.8. The molecule has 1 aliphatic heterocycles. The first kappa shape index (κ1) is 17.5. The molecule has 0 spiro atoms. The van der Waals surface area contributed by atoms with Crippen LogP contribution in [-0.4, -0.2) is 43.1 Å². The lowest BCUT2D eigenvalue weighted by atomic mass is 10.0. The third-order valence-electron chi connectivity index (χ3n) is 4.67. The predicted molar refractivity (Wildman–Crippen MR) is 86.8 cm³/mol. The van der Waals surface area contributed by atoms with Gasteiger partial charge >= 0.3 is 11.9 Å². The van der Waals surface area contributed by atoms with Gasteiger partial charge in [-0.3, -0.25) is 14.5 Å². The van der Waals surface area contributed by atoms with Crippen molar-refractivity contribution < 1.29 is 19.1 Å². The van der Waals surface area contributed by atoms with Gasteiger partial charge in [-0.2, -0.15) is 0 Å². The van der Waals surface area contributed by atoms with Crippen molar-refractivity contribution in [1.29, 1.82) is 0 Å². The summed E-state index contributed by atoms with van der Waals surface area (Å²) in [5, 5.41) is 0. The van der Waals surface area contributed by atoms with Gasteiger partial charge in [0.2, 0.25) is 0 Å². The van der Waals surface area contributed by atoms with E-state index in [2.05, 4.69) is 24.0 Å². The van der Waals surface area contributed by atoms with Crippen molar-refractivity contribution in [3.63, 3.8) is 0 Å². The monoisotopic (exact) mass is 319 g/mol. The summed E-state index contributed by atoms with van der Waals surface area (Å²) in [5.41, 5.74) is 1.18. The summed E-state index contributed by atoms with van der Waals surface area (Å²) in [6.45, 7) is 2.12. The lowest BCUT2D eigenvalue weighted by Gasteiger charge is -2.35. The van der Waals surface area contributed by atoms with Crippen LogP contribution in [0.4, 0.5) is 0 Å². The van der Waals surface area contributed by atoms with Crippen molar-refractivity contribution in [2.75, 3.05) is 14.2 Å². The van der Waals surface area contributed by atoms with Gasteiger partial charge in [-0.15, -0.1) is 0 Å². The lowest BCUT2D eigenvalue weighted by molar-refractivity contribution is -0.142. The van der Waals surface area contributed by atoms with Gasteiger partial charge in [-0.05, 0) is 25.3 Å². The Morgan fingerprint density at radius 3 is 1.96 bits per heavy atom. The number of esters is 2. The summed E-state index contributed by atoms with van der Waals surface area (Å²) in [6.07, 6.45) is 2.47. The molecule has 1 aliphatic rings. The van der Waals surface area contributed by atoms with Crippen molar-refractivity contribution in [3.05, 3.63) is 35.9 Å². The predicted octanol–water partition coefficient (Wildman–Crippen LogP) is 2.71. The quantitative estimate of drug-likeness (QED) is 0.755. The van der Waals surface area contributed by atoms with Crippen LogP contribution < -0.4 is 0 Å². The van der Waals surface area contributed by atoms with E-state index in [1.165, 1.54) is 19.8 Å². The molecule has 23 heavy (non-hydrogen) atoms. The Kier molecular flexibility index (Phi) is 6.16. The maximum absolute atomic E-state index is 11.7. The third-order valence-corrected chi connectivity index (χ3v) is 4.67. The maximum atomic E-state index is 11.7. The van der Waals surface area contributed by atoms with Crippen molar-refractivity contribution in [3.8, 4) is 0 Å². The molecular formula is C18H25NO4. The first-order valence-corrected chi connectivity index (χ1v) is 8.02. The van der Waals surface area contributed by atoms with Gasteiger partial charge in [0.1, 0.15) is 0 Å². The zero-order valence-corrected chi connectivity index (χ0v) is 14.0. The van der Waals surface area contributed by atoms with E-state index in [1.807, 2.05) is 18.2 Å². The van der Waals surface area contributed by atoms with Crippen molar-refractivity contribution in [2.45, 2.75) is 50.7 Å². The zero-order valence-electron chi connectivity index (χ0n) is 14.0. The molecule has 0 aromatic heterocycles. The van der Waals surface area contributed by atoms with E-state index in [0.717, 1.165) is 12.8 Å². The fourth-order valence-electron chi connectivity index (χ4n) is 3.48. The topological polar surface area (TPSA) is 55.8 Å². The molecule has 0 amide bonds. The van der Waals surface area contributed by atoms with Gasteiger partial charge in [-0.25, -0.2) is 0 Å². The molecule has 126 valence electrons. The molecule has 1 heterocycles. The molecule has 1 fully saturated rings. The molecule has 0 unspecified atom stereocenters. The molecule has 5 nitrogen and oxygen atoms in total. The van der Waals surface area contributed by atoms with Crippen LogP contribution in [0.5, 0.6) is 0 Å². The second kappa shape index (κ2) is 8.11. The minimum Gasteiger partial charge on any atom is -0.469 e. The number of hydrogen-bond acceptors (Lipinski definition) is 5. The van der Waals surface area contributed by atoms with Crippen LogP contribution in [0.15, 0.2) is 30.3 Å². The smallest absolute Gasteiger partial charge is 0.307 e. The van der Waals surface area contributed by atoms with Crippen LogP contribution in [0.2, 0.25) is 0 Å². The summed E-state index contributed by atoms with van der Waals surface area (Å²) in [4.78, 5) is 25.7. The van der Waals surface area contributed by atoms with Crippen LogP contribution in [-0.2, 0) is 19.1 Å². The Balaban J connectivity index is 2.20. The summed E-state index contributed by atoms with van der Waals surface area (Å²) in [7, 11) is 2.82. The summed E-state index contributed by atoms with van der Waals surface area (Å²) >= 11 is 0. The SMILES string of the molecule is COC(=O)C[C@H]1CC[C@@H](CC(=O)OC)N1[C@H](C)c1ccccc1. The minimum absolute atomic E-state index is 0.0901. The Morgan fingerprint density at radius 2 is 1.52 bits per heavy atom. The van der Waals surface area contributed by atoms with Gasteiger partial charge in [0.25, 0.3) is 0 Å². The molecule has 1 aromatic carbocycles. The first-order chi connectivity index (χ1) is 11.1. The summed E-state index contributed by atoms with van der Waals surface area (Å²) in [6, 6.07) is 10.5. The minimum atomic E-state index is -0.209. The summed E-state index contributed by atoms with van der Waals surface area (Å²) < 4.78 is 9.65. The molecule has 0 N–H and O–H groups in total. The number of benzene rings is 1. The average Bonchev–Trinajstić information content (AvgIpc) is 2.96. The van der Waals surface area contributed by atoms with Gasteiger partial charge < -0.3 is 9.47 Å². The average molecular weight is 319 g/mol. The molecule has 0 aliphatic carbocycles. The molecule has 3 atom stereocenters. The fraction of sp³-hybridized carbons (Fsp3) is 0.556. The van der Waals surface area contributed by atoms with Crippen LogP contribution in [0.25, 0.3) is 0 Å². The summed E-state index contributed by atoms with van der Waals surface area (Å²) in [5.74, 6) is -0.419. The van der Waals surface area contributed by atoms with E-state index in [0.29, 0.717) is 12.8 Å². The van der Waals surface area contributed by atoms with Crippen molar-refractivity contribution in [1.82, 2.24) is 4.90 Å². The Hall–Kier alpha value is -1.88. The van der Waals surface area contributed by atoms with E-state index in [-0.39, 0.29) is 30.1 Å². The number of nitrogens with zero attached hydrogens (tertiary/aromatic N) is 1. The number of carbonyl (C=O) groups is 2. The van der Waals surface area contributed by atoms with Gasteiger partial charge in [-0.1, -0.05) is 30.3 Å². The van der Waals surface area contributed by atoms with E-state index < -0.39 is 0 Å². The second-order valence-corrected chi connectivity index (χ2v) is 5.98. The molecule has 5 heteroatoms. The molecule has 1 aromatic rings. The molecule has 0 saturated carbocycles. The molecule has 1 saturated heterocycles. The standard InChI is InChI=1S/C18H25NO4/c1-13(14-7-5-4-6-8-14)19-15(11-17(20)22-2)9-10-16(19)12-18(21)23-3/h4-8,13,15-16H,9-12H2,1-3H3/t13-,15-,16+/m1/s1. The number of ether oxygens (including phenoxy) is 2. The third kappa shape index (κ3) is 4.32. The molecular weight excluding hydrogens is 294 g/mol. The Bertz CT molecular complexity index is 505. The Morgan fingerprint density at radius 1 is 1.04 bits per heavy atom. The van der Waals surface area contributed by atoms with Crippen LogP contribution in [0.1, 0.15) is 44.2 Å². The van der Waals surface area contributed by atoms with Crippen LogP contribution >= 0.6 is 0 Å². The molecule has 0 radical (unpaired) electrons. The van der Waals surface area contributed by atoms with E-state index >= 15 is 0 Å². The fourth-order valence-corrected chi connectivity index (χ4v) is 3.48. The van der Waals surface area contributed by atoms with Crippen molar-refractivity contribution in [2.24, 2.45) is 0 Å². The number of likely N-dealkylation sites (tertiary alicyclic amines) is 1. The largest absolute Gasteiger partial charge is 0.469 e. The van der Waals surface area contributed by atoms with Gasteiger partial charge in [0.05, 0.1) is 27.1 Å². The first-order valence-electron chi connectivity index (χ1n) is 8.02. The van der Waals surface area contributed by atoms with E-state index in [9.17, 15) is 9.59 Å². The highest BCUT2D eigenvalue weighted by atomic mass is 16.5. The number of methoxy groups -OCH3 is 2. The second-order valence-electron chi connectivity index (χ2n) is 5.98. The van der Waals surface area contributed by atoms with Crippen LogP contribution in [0.3, 0.4) is 0 Å². The van der Waals surface area contributed by atoms with E-state index in [1.54, 1.807) is 0 Å². The van der Waals surface area contributed by atoms with Crippen molar-refractivity contribution >= 4 is 11.9 Å². The highest BCUT2D eigenvalue weighted by Crippen LogP contribution is 2.36. The number of carbonyl (C=O) groups excluding carboxylic acids is 2. The Labute approximate surface area is 137 Å². The normalized spacial score (nSPS) is 22.6.